The van der Waals surface area contributed by atoms with Gasteiger partial charge >= 0.3 is 0 Å². The summed E-state index contributed by atoms with van der Waals surface area (Å²) < 4.78 is 18.2. The zero-order chi connectivity index (χ0) is 17.8. The quantitative estimate of drug-likeness (QED) is 0.839. The average molecular weight is 348 g/mol. The van der Waals surface area contributed by atoms with E-state index >= 15 is 0 Å². The molecule has 136 valence electrons. The number of amides is 2. The van der Waals surface area contributed by atoms with Crippen LogP contribution in [0.2, 0.25) is 0 Å². The van der Waals surface area contributed by atoms with Gasteiger partial charge in [-0.1, -0.05) is 0 Å². The molecule has 0 N–H and O–H groups in total. The van der Waals surface area contributed by atoms with Crippen molar-refractivity contribution in [2.75, 3.05) is 33.4 Å². The molecule has 5 nitrogen and oxygen atoms in total. The van der Waals surface area contributed by atoms with Gasteiger partial charge in [0.2, 0.25) is 5.91 Å². The summed E-state index contributed by atoms with van der Waals surface area (Å²) in [6, 6.07) is 5.88. The number of nitrogens with zero attached hydrogens (tertiary/aromatic N) is 2. The highest BCUT2D eigenvalue weighted by molar-refractivity contribution is 5.94. The molecule has 6 heteroatoms. The lowest BCUT2D eigenvalue weighted by Gasteiger charge is -2.42. The van der Waals surface area contributed by atoms with Crippen molar-refractivity contribution >= 4 is 11.8 Å². The molecular formula is C19H25FN2O3. The van der Waals surface area contributed by atoms with Crippen LogP contribution < -0.4 is 0 Å². The number of fused-ring (bicyclic) bond motifs is 1. The molecule has 1 aromatic carbocycles. The summed E-state index contributed by atoms with van der Waals surface area (Å²) >= 11 is 0. The van der Waals surface area contributed by atoms with Crippen molar-refractivity contribution in [3.05, 3.63) is 35.6 Å². The van der Waals surface area contributed by atoms with Crippen LogP contribution in [0, 0.1) is 11.7 Å². The van der Waals surface area contributed by atoms with E-state index in [0.29, 0.717) is 44.1 Å². The van der Waals surface area contributed by atoms with Crippen molar-refractivity contribution in [3.63, 3.8) is 0 Å². The molecule has 3 rings (SSSR count). The molecule has 0 radical (unpaired) electrons. The van der Waals surface area contributed by atoms with Gasteiger partial charge in [-0.25, -0.2) is 4.39 Å². The second kappa shape index (κ2) is 7.95. The smallest absolute Gasteiger partial charge is 0.253 e. The van der Waals surface area contributed by atoms with Gasteiger partial charge in [0, 0.05) is 44.8 Å². The first-order valence-corrected chi connectivity index (χ1v) is 8.93. The molecule has 1 aromatic rings. The number of benzene rings is 1. The summed E-state index contributed by atoms with van der Waals surface area (Å²) in [5.41, 5.74) is 0.515. The monoisotopic (exact) mass is 348 g/mol. The molecule has 2 aliphatic heterocycles. The first kappa shape index (κ1) is 17.9. The molecule has 25 heavy (non-hydrogen) atoms. The maximum atomic E-state index is 13.1. The second-order valence-electron chi connectivity index (χ2n) is 6.85. The maximum absolute atomic E-state index is 13.1. The molecule has 0 bridgehead atoms. The fourth-order valence-corrected chi connectivity index (χ4v) is 4.00. The lowest BCUT2D eigenvalue weighted by atomic mass is 9.88. The minimum absolute atomic E-state index is 0.0579. The first-order valence-electron chi connectivity index (χ1n) is 8.93. The fraction of sp³-hybridized carbons (Fsp3) is 0.579. The molecular weight excluding hydrogens is 323 g/mol. The van der Waals surface area contributed by atoms with E-state index < -0.39 is 0 Å². The number of carbonyl (C=O) groups excluding carboxylic acids is 2. The SMILES string of the molecule is COCCN1C(=O)CCC[C@H]2CN(C(=O)c3ccc(F)cc3)CC[C@H]21. The predicted molar refractivity (Wildman–Crippen MR) is 91.6 cm³/mol. The molecule has 0 aliphatic carbocycles. The largest absolute Gasteiger partial charge is 0.383 e. The number of ether oxygens (including phenoxy) is 1. The third-order valence-corrected chi connectivity index (χ3v) is 5.29. The summed E-state index contributed by atoms with van der Waals surface area (Å²) in [5, 5.41) is 0. The van der Waals surface area contributed by atoms with Gasteiger partial charge in [0.05, 0.1) is 6.61 Å². The Balaban J connectivity index is 1.70. The van der Waals surface area contributed by atoms with E-state index in [4.69, 9.17) is 4.74 Å². The normalized spacial score (nSPS) is 24.0. The predicted octanol–water partition coefficient (Wildman–Crippen LogP) is 2.32. The number of methoxy groups -OCH3 is 1. The van der Waals surface area contributed by atoms with Crippen LogP contribution in [0.25, 0.3) is 0 Å². The van der Waals surface area contributed by atoms with E-state index in [9.17, 15) is 14.0 Å². The van der Waals surface area contributed by atoms with Gasteiger partial charge in [-0.2, -0.15) is 0 Å². The van der Waals surface area contributed by atoms with Crippen molar-refractivity contribution in [2.24, 2.45) is 5.92 Å². The van der Waals surface area contributed by atoms with E-state index in [1.165, 1.54) is 24.3 Å². The fourth-order valence-electron chi connectivity index (χ4n) is 4.00. The van der Waals surface area contributed by atoms with Gasteiger partial charge in [-0.3, -0.25) is 9.59 Å². The number of rotatable bonds is 4. The number of piperidine rings is 1. The van der Waals surface area contributed by atoms with Crippen molar-refractivity contribution in [1.29, 1.82) is 0 Å². The highest BCUT2D eigenvalue weighted by atomic mass is 19.1. The van der Waals surface area contributed by atoms with Crippen molar-refractivity contribution in [2.45, 2.75) is 31.7 Å². The molecule has 0 unspecified atom stereocenters. The number of halogens is 1. The van der Waals surface area contributed by atoms with Crippen molar-refractivity contribution in [3.8, 4) is 0 Å². The Morgan fingerprint density at radius 1 is 1.28 bits per heavy atom. The topological polar surface area (TPSA) is 49.9 Å². The average Bonchev–Trinajstić information content (AvgIpc) is 2.77. The molecule has 2 aliphatic rings. The van der Waals surface area contributed by atoms with Crippen LogP contribution in [0.15, 0.2) is 24.3 Å². The number of hydrogen-bond acceptors (Lipinski definition) is 3. The van der Waals surface area contributed by atoms with Gasteiger partial charge < -0.3 is 14.5 Å². The molecule has 0 spiro atoms. The van der Waals surface area contributed by atoms with Gasteiger partial charge in [0.15, 0.2) is 0 Å². The van der Waals surface area contributed by atoms with E-state index in [1.54, 1.807) is 7.11 Å². The van der Waals surface area contributed by atoms with Crippen LogP contribution in [0.5, 0.6) is 0 Å². The third-order valence-electron chi connectivity index (χ3n) is 5.29. The van der Waals surface area contributed by atoms with Gasteiger partial charge in [-0.15, -0.1) is 0 Å². The molecule has 2 heterocycles. The van der Waals surface area contributed by atoms with E-state index in [-0.39, 0.29) is 23.7 Å². The van der Waals surface area contributed by atoms with Crippen LogP contribution >= 0.6 is 0 Å². The van der Waals surface area contributed by atoms with Gasteiger partial charge in [0.1, 0.15) is 5.82 Å². The number of likely N-dealkylation sites (tertiary alicyclic amines) is 2. The Bertz CT molecular complexity index is 620. The Morgan fingerprint density at radius 3 is 2.76 bits per heavy atom. The van der Waals surface area contributed by atoms with Crippen molar-refractivity contribution in [1.82, 2.24) is 9.80 Å². The van der Waals surface area contributed by atoms with E-state index in [0.717, 1.165) is 19.3 Å². The van der Waals surface area contributed by atoms with Crippen LogP contribution in [0.4, 0.5) is 4.39 Å². The summed E-state index contributed by atoms with van der Waals surface area (Å²) in [6.45, 7) is 2.42. The van der Waals surface area contributed by atoms with Crippen LogP contribution in [-0.4, -0.2) is 61.0 Å². The summed E-state index contributed by atoms with van der Waals surface area (Å²) in [6.07, 6.45) is 3.17. The molecule has 2 fully saturated rings. The second-order valence-corrected chi connectivity index (χ2v) is 6.85. The standard InChI is InChI=1S/C19H25FN2O3/c1-25-12-11-22-17-9-10-21(13-15(17)3-2-4-18(22)23)19(24)14-5-7-16(20)8-6-14/h5-8,15,17H,2-4,9-13H2,1H3/t15-,17+/m0/s1. The molecule has 2 saturated heterocycles. The highest BCUT2D eigenvalue weighted by Crippen LogP contribution is 2.31. The summed E-state index contributed by atoms with van der Waals surface area (Å²) in [4.78, 5) is 28.9. The summed E-state index contributed by atoms with van der Waals surface area (Å²) in [5.74, 6) is 0.0908. The Labute approximate surface area is 147 Å². The van der Waals surface area contributed by atoms with Gasteiger partial charge in [-0.05, 0) is 49.4 Å². The van der Waals surface area contributed by atoms with Crippen LogP contribution in [0.3, 0.4) is 0 Å². The minimum atomic E-state index is -0.341. The van der Waals surface area contributed by atoms with E-state index in [1.807, 2.05) is 9.80 Å². The number of carbonyl (C=O) groups is 2. The molecule has 0 aromatic heterocycles. The highest BCUT2D eigenvalue weighted by Gasteiger charge is 2.38. The Morgan fingerprint density at radius 2 is 2.04 bits per heavy atom. The third kappa shape index (κ3) is 4.00. The lowest BCUT2D eigenvalue weighted by molar-refractivity contribution is -0.135. The molecule has 2 atom stereocenters. The zero-order valence-electron chi connectivity index (χ0n) is 14.6. The van der Waals surface area contributed by atoms with Crippen LogP contribution in [0.1, 0.15) is 36.0 Å². The first-order chi connectivity index (χ1) is 12.1. The lowest BCUT2D eigenvalue weighted by Crippen LogP contribution is -2.53. The molecule has 2 amide bonds. The minimum Gasteiger partial charge on any atom is -0.383 e. The maximum Gasteiger partial charge on any atom is 0.253 e. The van der Waals surface area contributed by atoms with E-state index in [2.05, 4.69) is 0 Å². The molecule has 0 saturated carbocycles. The Kier molecular flexibility index (Phi) is 5.68. The zero-order valence-corrected chi connectivity index (χ0v) is 14.6. The van der Waals surface area contributed by atoms with Crippen molar-refractivity contribution < 1.29 is 18.7 Å². The summed E-state index contributed by atoms with van der Waals surface area (Å²) in [7, 11) is 1.64. The van der Waals surface area contributed by atoms with Crippen LogP contribution in [-0.2, 0) is 9.53 Å². The van der Waals surface area contributed by atoms with Gasteiger partial charge in [0.25, 0.3) is 5.91 Å². The number of hydrogen-bond donors (Lipinski definition) is 0. The Hall–Kier alpha value is -1.95.